The van der Waals surface area contributed by atoms with E-state index in [9.17, 15) is 14.0 Å². The van der Waals surface area contributed by atoms with Crippen LogP contribution in [0.4, 0.5) is 21.5 Å². The molecule has 0 aliphatic rings. The van der Waals surface area contributed by atoms with Gasteiger partial charge in [-0.1, -0.05) is 11.6 Å². The lowest BCUT2D eigenvalue weighted by Crippen LogP contribution is -2.15. The van der Waals surface area contributed by atoms with Crippen LogP contribution >= 0.6 is 11.6 Å². The Bertz CT molecular complexity index is 1030. The van der Waals surface area contributed by atoms with Crippen molar-refractivity contribution in [1.29, 1.82) is 0 Å². The summed E-state index contributed by atoms with van der Waals surface area (Å²) in [6.07, 6.45) is 1.16. The van der Waals surface area contributed by atoms with Crippen molar-refractivity contribution in [3.8, 4) is 0 Å². The number of carbonyl (C=O) groups excluding carboxylic acids is 1. The van der Waals surface area contributed by atoms with Crippen LogP contribution in [0.25, 0.3) is 0 Å². The van der Waals surface area contributed by atoms with Gasteiger partial charge < -0.3 is 20.2 Å². The summed E-state index contributed by atoms with van der Waals surface area (Å²) in [5.41, 5.74) is 1.90. The van der Waals surface area contributed by atoms with E-state index in [0.29, 0.717) is 22.0 Å². The number of carboxylic acid groups (broad SMARTS) is 1. The fourth-order valence-electron chi connectivity index (χ4n) is 2.49. The number of nitrogens with one attached hydrogen (secondary N) is 2. The largest absolute Gasteiger partial charge is 0.475 e. The van der Waals surface area contributed by atoms with Gasteiger partial charge in [-0.3, -0.25) is 4.79 Å². The summed E-state index contributed by atoms with van der Waals surface area (Å²) in [6, 6.07) is 10.2. The lowest BCUT2D eigenvalue weighted by atomic mass is 10.1. The fourth-order valence-corrected chi connectivity index (χ4v) is 2.66. The quantitative estimate of drug-likeness (QED) is 0.567. The van der Waals surface area contributed by atoms with E-state index in [1.807, 2.05) is 0 Å². The smallest absolute Gasteiger partial charge is 0.374 e. The molecule has 3 aromatic rings. The molecular weight excluding hydrogens is 375 g/mol. The molecule has 138 valence electrons. The minimum absolute atomic E-state index is 0.0244. The van der Waals surface area contributed by atoms with E-state index in [2.05, 4.69) is 10.6 Å². The van der Waals surface area contributed by atoms with Gasteiger partial charge in [0.15, 0.2) is 0 Å². The molecule has 2 aromatic carbocycles. The van der Waals surface area contributed by atoms with Crippen LogP contribution in [0.3, 0.4) is 0 Å². The zero-order chi connectivity index (χ0) is 19.6. The van der Waals surface area contributed by atoms with Gasteiger partial charge >= 0.3 is 5.97 Å². The summed E-state index contributed by atoms with van der Waals surface area (Å²) in [5, 5.41) is 15.0. The van der Waals surface area contributed by atoms with Crippen LogP contribution in [-0.4, -0.2) is 17.0 Å². The molecule has 6 nitrogen and oxygen atoms in total. The van der Waals surface area contributed by atoms with Crippen molar-refractivity contribution in [3.05, 3.63) is 76.5 Å². The lowest BCUT2D eigenvalue weighted by Gasteiger charge is -2.14. The second-order valence-electron chi connectivity index (χ2n) is 5.70. The molecule has 3 rings (SSSR count). The van der Waals surface area contributed by atoms with Crippen LogP contribution in [0.1, 0.15) is 26.5 Å². The Morgan fingerprint density at radius 2 is 1.81 bits per heavy atom. The Labute approximate surface area is 158 Å². The number of aryl methyl sites for hydroxylation is 1. The van der Waals surface area contributed by atoms with Crippen LogP contribution in [-0.2, 0) is 0 Å². The summed E-state index contributed by atoms with van der Waals surface area (Å²) < 4.78 is 18.1. The zero-order valence-corrected chi connectivity index (χ0v) is 14.8. The third-order valence-electron chi connectivity index (χ3n) is 3.79. The SMILES string of the molecule is Cc1cc(F)ccc1Nc1ccc(Cl)cc1C(=O)Nc1ccoc1C(=O)O. The summed E-state index contributed by atoms with van der Waals surface area (Å²) in [4.78, 5) is 23.8. The number of carbonyl (C=O) groups is 2. The minimum atomic E-state index is -1.30. The molecule has 0 spiro atoms. The maximum Gasteiger partial charge on any atom is 0.374 e. The van der Waals surface area contributed by atoms with Crippen LogP contribution in [0.15, 0.2) is 53.1 Å². The third kappa shape index (κ3) is 4.09. The molecule has 8 heteroatoms. The maximum atomic E-state index is 13.3. The average Bonchev–Trinajstić information content (AvgIpc) is 3.07. The first-order chi connectivity index (χ1) is 12.8. The van der Waals surface area contributed by atoms with Gasteiger partial charge in [0.05, 0.1) is 23.2 Å². The van der Waals surface area contributed by atoms with E-state index in [4.69, 9.17) is 21.1 Å². The first-order valence-corrected chi connectivity index (χ1v) is 8.18. The lowest BCUT2D eigenvalue weighted by molar-refractivity contribution is 0.0664. The molecular formula is C19H14ClFN2O4. The van der Waals surface area contributed by atoms with Gasteiger partial charge in [-0.15, -0.1) is 0 Å². The van der Waals surface area contributed by atoms with Crippen molar-refractivity contribution in [2.75, 3.05) is 10.6 Å². The Morgan fingerprint density at radius 3 is 2.52 bits per heavy atom. The number of benzene rings is 2. The highest BCUT2D eigenvalue weighted by atomic mass is 35.5. The van der Waals surface area contributed by atoms with Crippen molar-refractivity contribution in [1.82, 2.24) is 0 Å². The number of halogens is 2. The number of amides is 1. The summed E-state index contributed by atoms with van der Waals surface area (Å²) in [6.45, 7) is 1.73. The van der Waals surface area contributed by atoms with Crippen LogP contribution < -0.4 is 10.6 Å². The Hall–Kier alpha value is -3.32. The van der Waals surface area contributed by atoms with Crippen LogP contribution in [0, 0.1) is 12.7 Å². The highest BCUT2D eigenvalue weighted by Gasteiger charge is 2.19. The predicted octanol–water partition coefficient (Wildman–Crippen LogP) is 5.07. The fraction of sp³-hybridized carbons (Fsp3) is 0.0526. The molecule has 1 amide bonds. The monoisotopic (exact) mass is 388 g/mol. The number of aromatic carboxylic acids is 1. The van der Waals surface area contributed by atoms with E-state index in [-0.39, 0.29) is 22.8 Å². The van der Waals surface area contributed by atoms with Gasteiger partial charge in [0.25, 0.3) is 5.91 Å². The summed E-state index contributed by atoms with van der Waals surface area (Å²) >= 11 is 6.01. The Balaban J connectivity index is 1.92. The van der Waals surface area contributed by atoms with Crippen LogP contribution in [0.5, 0.6) is 0 Å². The number of hydrogen-bond donors (Lipinski definition) is 3. The number of anilines is 3. The van der Waals surface area contributed by atoms with Gasteiger partial charge in [-0.2, -0.15) is 0 Å². The molecule has 0 unspecified atom stereocenters. The van der Waals surface area contributed by atoms with Gasteiger partial charge in [-0.25, -0.2) is 9.18 Å². The molecule has 0 fully saturated rings. The Morgan fingerprint density at radius 1 is 1.07 bits per heavy atom. The molecule has 0 bridgehead atoms. The predicted molar refractivity (Wildman–Crippen MR) is 99.5 cm³/mol. The van der Waals surface area contributed by atoms with E-state index in [0.717, 1.165) is 6.26 Å². The van der Waals surface area contributed by atoms with E-state index in [1.165, 1.54) is 24.3 Å². The standard InChI is InChI=1S/C19H14ClFN2O4/c1-10-8-12(21)3-5-14(10)22-15-4-2-11(20)9-13(15)18(24)23-16-6-7-27-17(16)19(25)26/h2-9,22H,1H3,(H,23,24)(H,25,26). The average molecular weight is 389 g/mol. The second-order valence-corrected chi connectivity index (χ2v) is 6.13. The van der Waals surface area contributed by atoms with Gasteiger partial charge in [0.2, 0.25) is 5.76 Å². The molecule has 0 aliphatic carbocycles. The maximum absolute atomic E-state index is 13.3. The number of rotatable bonds is 5. The first kappa shape index (κ1) is 18.5. The molecule has 3 N–H and O–H groups in total. The molecule has 0 atom stereocenters. The van der Waals surface area contributed by atoms with Crippen molar-refractivity contribution in [2.24, 2.45) is 0 Å². The molecule has 27 heavy (non-hydrogen) atoms. The first-order valence-electron chi connectivity index (χ1n) is 7.80. The topological polar surface area (TPSA) is 91.6 Å². The number of furan rings is 1. The molecule has 0 saturated carbocycles. The summed E-state index contributed by atoms with van der Waals surface area (Å²) in [7, 11) is 0. The van der Waals surface area contributed by atoms with E-state index in [1.54, 1.807) is 25.1 Å². The zero-order valence-electron chi connectivity index (χ0n) is 14.0. The molecule has 0 radical (unpaired) electrons. The van der Waals surface area contributed by atoms with Crippen molar-refractivity contribution in [2.45, 2.75) is 6.92 Å². The Kier molecular flexibility index (Phi) is 5.14. The molecule has 1 aromatic heterocycles. The highest BCUT2D eigenvalue weighted by molar-refractivity contribution is 6.31. The number of hydrogen-bond acceptors (Lipinski definition) is 4. The normalized spacial score (nSPS) is 10.5. The molecule has 1 heterocycles. The van der Waals surface area contributed by atoms with Crippen molar-refractivity contribution >= 4 is 40.5 Å². The van der Waals surface area contributed by atoms with Crippen LogP contribution in [0.2, 0.25) is 5.02 Å². The van der Waals surface area contributed by atoms with E-state index < -0.39 is 11.9 Å². The van der Waals surface area contributed by atoms with Gasteiger partial charge in [0, 0.05) is 16.8 Å². The van der Waals surface area contributed by atoms with Gasteiger partial charge in [0.1, 0.15) is 5.82 Å². The molecule has 0 aliphatic heterocycles. The summed E-state index contributed by atoms with van der Waals surface area (Å²) in [5.74, 6) is -2.63. The second kappa shape index (κ2) is 7.51. The van der Waals surface area contributed by atoms with Crippen molar-refractivity contribution in [3.63, 3.8) is 0 Å². The minimum Gasteiger partial charge on any atom is -0.475 e. The van der Waals surface area contributed by atoms with Crippen molar-refractivity contribution < 1.29 is 23.5 Å². The highest BCUT2D eigenvalue weighted by Crippen LogP contribution is 2.28. The number of carboxylic acids is 1. The third-order valence-corrected chi connectivity index (χ3v) is 4.03. The van der Waals surface area contributed by atoms with E-state index >= 15 is 0 Å². The van der Waals surface area contributed by atoms with Gasteiger partial charge in [-0.05, 0) is 48.9 Å². The molecule has 0 saturated heterocycles.